The fourth-order valence-electron chi connectivity index (χ4n) is 2.36. The molecule has 0 spiro atoms. The number of nitrogens with one attached hydrogen (secondary N) is 2. The highest BCUT2D eigenvalue weighted by Crippen LogP contribution is 2.17. The summed E-state index contributed by atoms with van der Waals surface area (Å²) in [6.45, 7) is 4.56. The quantitative estimate of drug-likeness (QED) is 0.622. The van der Waals surface area contributed by atoms with Gasteiger partial charge in [-0.3, -0.25) is 9.59 Å². The van der Waals surface area contributed by atoms with Gasteiger partial charge in [0.15, 0.2) is 0 Å². The lowest BCUT2D eigenvalue weighted by Gasteiger charge is -2.24. The lowest BCUT2D eigenvalue weighted by Crippen LogP contribution is -2.48. The van der Waals surface area contributed by atoms with Crippen LogP contribution in [0.25, 0.3) is 0 Å². The normalized spacial score (nSPS) is 31.1. The molecule has 0 radical (unpaired) electrons. The molecule has 0 aromatic heterocycles. The van der Waals surface area contributed by atoms with Crippen molar-refractivity contribution in [1.29, 1.82) is 0 Å². The summed E-state index contributed by atoms with van der Waals surface area (Å²) in [6, 6.07) is -0.0918. The molecule has 0 bridgehead atoms. The topological polar surface area (TPSA) is 61.4 Å². The Labute approximate surface area is 95.6 Å². The monoisotopic (exact) mass is 225 g/mol. The molecule has 2 unspecified atom stereocenters. The number of hydrogen-bond acceptors (Lipinski definition) is 3. The summed E-state index contributed by atoms with van der Waals surface area (Å²) in [4.78, 5) is 25.2. The zero-order valence-corrected chi connectivity index (χ0v) is 9.66. The zero-order chi connectivity index (χ0) is 11.5. The minimum atomic E-state index is -0.0918. The van der Waals surface area contributed by atoms with Gasteiger partial charge < -0.3 is 15.5 Å². The average molecular weight is 225 g/mol. The highest BCUT2D eigenvalue weighted by Gasteiger charge is 2.33. The molecule has 2 atom stereocenters. The second kappa shape index (κ2) is 4.82. The zero-order valence-electron chi connectivity index (χ0n) is 9.66. The SMILES string of the molecule is CC1CCNC1C(=O)N1CCCNC(=O)C1. The van der Waals surface area contributed by atoms with Crippen molar-refractivity contribution in [2.24, 2.45) is 5.92 Å². The summed E-state index contributed by atoms with van der Waals surface area (Å²) < 4.78 is 0. The van der Waals surface area contributed by atoms with E-state index in [1.165, 1.54) is 0 Å². The fraction of sp³-hybridized carbons (Fsp3) is 0.818. The molecule has 90 valence electrons. The molecule has 2 aliphatic rings. The van der Waals surface area contributed by atoms with E-state index in [0.717, 1.165) is 19.4 Å². The summed E-state index contributed by atoms with van der Waals surface area (Å²) in [6.07, 6.45) is 1.88. The van der Waals surface area contributed by atoms with Crippen molar-refractivity contribution < 1.29 is 9.59 Å². The molecule has 0 aromatic carbocycles. The summed E-state index contributed by atoms with van der Waals surface area (Å²) in [7, 11) is 0. The largest absolute Gasteiger partial charge is 0.354 e. The number of carbonyl (C=O) groups is 2. The lowest BCUT2D eigenvalue weighted by atomic mass is 10.0. The van der Waals surface area contributed by atoms with Crippen LogP contribution in [0.3, 0.4) is 0 Å². The minimum Gasteiger partial charge on any atom is -0.354 e. The van der Waals surface area contributed by atoms with Crippen LogP contribution in [0.15, 0.2) is 0 Å². The number of hydrogen-bond donors (Lipinski definition) is 2. The van der Waals surface area contributed by atoms with Gasteiger partial charge in [-0.2, -0.15) is 0 Å². The molecule has 2 aliphatic heterocycles. The summed E-state index contributed by atoms with van der Waals surface area (Å²) >= 11 is 0. The first-order chi connectivity index (χ1) is 7.68. The van der Waals surface area contributed by atoms with E-state index in [1.807, 2.05) is 0 Å². The van der Waals surface area contributed by atoms with Crippen LogP contribution in [0.2, 0.25) is 0 Å². The second-order valence-corrected chi connectivity index (χ2v) is 4.66. The van der Waals surface area contributed by atoms with Crippen molar-refractivity contribution in [3.8, 4) is 0 Å². The van der Waals surface area contributed by atoms with Gasteiger partial charge in [-0.25, -0.2) is 0 Å². The van der Waals surface area contributed by atoms with Crippen molar-refractivity contribution in [3.63, 3.8) is 0 Å². The molecular weight excluding hydrogens is 206 g/mol. The molecule has 2 saturated heterocycles. The molecule has 5 heteroatoms. The van der Waals surface area contributed by atoms with E-state index in [-0.39, 0.29) is 24.4 Å². The summed E-state index contributed by atoms with van der Waals surface area (Å²) in [5.74, 6) is 0.414. The van der Waals surface area contributed by atoms with Crippen molar-refractivity contribution in [3.05, 3.63) is 0 Å². The van der Waals surface area contributed by atoms with Crippen LogP contribution in [-0.2, 0) is 9.59 Å². The van der Waals surface area contributed by atoms with Crippen LogP contribution in [-0.4, -0.2) is 48.9 Å². The predicted molar refractivity (Wildman–Crippen MR) is 59.8 cm³/mol. The molecule has 2 rings (SSSR count). The van der Waals surface area contributed by atoms with E-state index in [4.69, 9.17) is 0 Å². The molecule has 2 N–H and O–H groups in total. The van der Waals surface area contributed by atoms with E-state index in [1.54, 1.807) is 4.90 Å². The van der Waals surface area contributed by atoms with Crippen molar-refractivity contribution in [1.82, 2.24) is 15.5 Å². The predicted octanol–water partition coefficient (Wildman–Crippen LogP) is -0.667. The van der Waals surface area contributed by atoms with Crippen LogP contribution >= 0.6 is 0 Å². The molecule has 0 saturated carbocycles. The Balaban J connectivity index is 1.99. The van der Waals surface area contributed by atoms with Gasteiger partial charge in [0.25, 0.3) is 0 Å². The Morgan fingerprint density at radius 2 is 2.25 bits per heavy atom. The van der Waals surface area contributed by atoms with Gasteiger partial charge in [0, 0.05) is 13.1 Å². The Kier molecular flexibility index (Phi) is 3.43. The molecule has 0 aliphatic carbocycles. The fourth-order valence-corrected chi connectivity index (χ4v) is 2.36. The molecule has 2 amide bonds. The third kappa shape index (κ3) is 2.35. The third-order valence-corrected chi connectivity index (χ3v) is 3.37. The molecule has 0 aromatic rings. The molecular formula is C11H19N3O2. The highest BCUT2D eigenvalue weighted by atomic mass is 16.2. The number of nitrogens with zero attached hydrogens (tertiary/aromatic N) is 1. The molecule has 2 fully saturated rings. The number of amides is 2. The maximum absolute atomic E-state index is 12.2. The first-order valence-electron chi connectivity index (χ1n) is 5.97. The molecule has 5 nitrogen and oxygen atoms in total. The van der Waals surface area contributed by atoms with Crippen LogP contribution < -0.4 is 10.6 Å². The standard InChI is InChI=1S/C11H19N3O2/c1-8-3-5-13-10(8)11(16)14-6-2-4-12-9(15)7-14/h8,10,13H,2-7H2,1H3,(H,12,15). The Hall–Kier alpha value is -1.10. The number of rotatable bonds is 1. The highest BCUT2D eigenvalue weighted by molar-refractivity contribution is 5.88. The van der Waals surface area contributed by atoms with Gasteiger partial charge >= 0.3 is 0 Å². The van der Waals surface area contributed by atoms with Gasteiger partial charge in [0.1, 0.15) is 0 Å². The Morgan fingerprint density at radius 3 is 2.94 bits per heavy atom. The van der Waals surface area contributed by atoms with Crippen molar-refractivity contribution in [2.45, 2.75) is 25.8 Å². The van der Waals surface area contributed by atoms with Gasteiger partial charge in [-0.1, -0.05) is 6.92 Å². The van der Waals surface area contributed by atoms with Crippen molar-refractivity contribution >= 4 is 11.8 Å². The van der Waals surface area contributed by atoms with E-state index in [0.29, 0.717) is 19.0 Å². The van der Waals surface area contributed by atoms with Gasteiger partial charge in [0.05, 0.1) is 12.6 Å². The average Bonchev–Trinajstić information content (AvgIpc) is 2.55. The lowest BCUT2D eigenvalue weighted by molar-refractivity contribution is -0.137. The summed E-state index contributed by atoms with van der Waals surface area (Å²) in [5.41, 5.74) is 0. The first-order valence-corrected chi connectivity index (χ1v) is 5.97. The maximum atomic E-state index is 12.2. The second-order valence-electron chi connectivity index (χ2n) is 4.66. The van der Waals surface area contributed by atoms with E-state index in [9.17, 15) is 9.59 Å². The maximum Gasteiger partial charge on any atom is 0.240 e. The van der Waals surface area contributed by atoms with E-state index < -0.39 is 0 Å². The Bertz CT molecular complexity index is 293. The van der Waals surface area contributed by atoms with Gasteiger partial charge in [-0.05, 0) is 25.3 Å². The number of carbonyl (C=O) groups excluding carboxylic acids is 2. The van der Waals surface area contributed by atoms with Crippen LogP contribution in [0.4, 0.5) is 0 Å². The molecule has 2 heterocycles. The smallest absolute Gasteiger partial charge is 0.240 e. The van der Waals surface area contributed by atoms with E-state index >= 15 is 0 Å². The van der Waals surface area contributed by atoms with Gasteiger partial charge in [0.2, 0.25) is 11.8 Å². The van der Waals surface area contributed by atoms with Gasteiger partial charge in [-0.15, -0.1) is 0 Å². The van der Waals surface area contributed by atoms with Crippen molar-refractivity contribution in [2.75, 3.05) is 26.2 Å². The Morgan fingerprint density at radius 1 is 1.44 bits per heavy atom. The third-order valence-electron chi connectivity index (χ3n) is 3.37. The summed E-state index contributed by atoms with van der Waals surface area (Å²) in [5, 5.41) is 5.99. The van der Waals surface area contributed by atoms with E-state index in [2.05, 4.69) is 17.6 Å². The van der Waals surface area contributed by atoms with Crippen LogP contribution in [0.1, 0.15) is 19.8 Å². The van der Waals surface area contributed by atoms with Crippen LogP contribution in [0, 0.1) is 5.92 Å². The first kappa shape index (κ1) is 11.4. The molecule has 16 heavy (non-hydrogen) atoms. The van der Waals surface area contributed by atoms with Crippen LogP contribution in [0.5, 0.6) is 0 Å². The minimum absolute atomic E-state index is 0.0449.